The lowest BCUT2D eigenvalue weighted by molar-refractivity contribution is -0.159. The molecule has 2 aromatic rings. The average Bonchev–Trinajstić information content (AvgIpc) is 3.12. The fourth-order valence-electron chi connectivity index (χ4n) is 3.28. The minimum absolute atomic E-state index is 0.0767. The van der Waals surface area contributed by atoms with E-state index in [9.17, 15) is 4.79 Å². The lowest BCUT2D eigenvalue weighted by atomic mass is 10.2. The van der Waals surface area contributed by atoms with Gasteiger partial charge in [0.05, 0.1) is 41.2 Å². The van der Waals surface area contributed by atoms with Crippen molar-refractivity contribution in [3.63, 3.8) is 0 Å². The number of carbonyl (C=O) groups is 3. The molecule has 1 fully saturated rings. The van der Waals surface area contributed by atoms with Gasteiger partial charge in [-0.3, -0.25) is 9.69 Å². The molecule has 0 bridgehead atoms. The highest BCUT2D eigenvalue weighted by Crippen LogP contribution is 2.28. The number of nitrogens with zero attached hydrogens (tertiary/aromatic N) is 3. The van der Waals surface area contributed by atoms with E-state index in [-0.39, 0.29) is 5.78 Å². The van der Waals surface area contributed by atoms with Crippen LogP contribution in [0.3, 0.4) is 0 Å². The normalized spacial score (nSPS) is 13.6. The summed E-state index contributed by atoms with van der Waals surface area (Å²) in [7, 11) is 0. The smallest absolute Gasteiger partial charge is 0.414 e. The Morgan fingerprint density at radius 1 is 1.09 bits per heavy atom. The zero-order chi connectivity index (χ0) is 25.3. The first-order valence-electron chi connectivity index (χ1n) is 10.6. The van der Waals surface area contributed by atoms with Gasteiger partial charge in [-0.2, -0.15) is 0 Å². The maximum Gasteiger partial charge on any atom is 0.414 e. The van der Waals surface area contributed by atoms with Gasteiger partial charge in [0, 0.05) is 13.1 Å². The number of aromatic nitrogens is 2. The fourth-order valence-corrected chi connectivity index (χ4v) is 3.57. The second kappa shape index (κ2) is 13.3. The highest BCUT2D eigenvalue weighted by Gasteiger charge is 2.21. The summed E-state index contributed by atoms with van der Waals surface area (Å²) >= 11 is 12.1. The Bertz CT molecular complexity index is 1010. The van der Waals surface area contributed by atoms with Gasteiger partial charge in [0.1, 0.15) is 5.56 Å². The van der Waals surface area contributed by atoms with Crippen LogP contribution < -0.4 is 4.74 Å². The first-order valence-corrected chi connectivity index (χ1v) is 11.3. The first kappa shape index (κ1) is 27.6. The molecule has 1 aromatic heterocycles. The summed E-state index contributed by atoms with van der Waals surface area (Å²) in [6.45, 7) is 8.51. The van der Waals surface area contributed by atoms with Crippen molar-refractivity contribution in [1.82, 2.24) is 14.7 Å². The van der Waals surface area contributed by atoms with Gasteiger partial charge in [-0.15, -0.1) is 5.10 Å². The van der Waals surface area contributed by atoms with Crippen molar-refractivity contribution >= 4 is 40.9 Å². The summed E-state index contributed by atoms with van der Waals surface area (Å²) in [5.74, 6) is -3.36. The molecule has 1 aliphatic heterocycles. The number of unbranched alkanes of at least 4 members (excludes halogenated alkanes) is 1. The zero-order valence-corrected chi connectivity index (χ0v) is 20.4. The highest BCUT2D eigenvalue weighted by molar-refractivity contribution is 6.42. The third kappa shape index (κ3) is 7.98. The van der Waals surface area contributed by atoms with Crippen LogP contribution in [0, 0.1) is 6.92 Å². The molecule has 12 heteroatoms. The number of ether oxygens (including phenoxy) is 2. The van der Waals surface area contributed by atoms with Crippen LogP contribution in [0.4, 0.5) is 0 Å². The van der Waals surface area contributed by atoms with Crippen LogP contribution in [-0.4, -0.2) is 82.1 Å². The third-order valence-corrected chi connectivity index (χ3v) is 5.72. The molecule has 34 heavy (non-hydrogen) atoms. The van der Waals surface area contributed by atoms with E-state index in [1.807, 2.05) is 13.0 Å². The standard InChI is InChI=1S/C20H25Cl2N3O3.C2H2O4/c1-14-19(15(2)26)20(23-25(14)16-5-6-17(21)18(22)13-16)28-10-4-3-7-24-8-11-27-12-9-24;3-1(4)2(5)6/h5-6,13H,3-4,7-12H2,1-2H3;(H,3,4)(H,5,6). The molecule has 0 amide bonds. The van der Waals surface area contributed by atoms with Crippen molar-refractivity contribution in [2.24, 2.45) is 0 Å². The monoisotopic (exact) mass is 515 g/mol. The van der Waals surface area contributed by atoms with Crippen LogP contribution in [-0.2, 0) is 14.3 Å². The van der Waals surface area contributed by atoms with Crippen molar-refractivity contribution in [2.45, 2.75) is 26.7 Å². The van der Waals surface area contributed by atoms with Gasteiger partial charge in [0.15, 0.2) is 5.78 Å². The van der Waals surface area contributed by atoms with E-state index >= 15 is 0 Å². The third-order valence-electron chi connectivity index (χ3n) is 4.98. The lowest BCUT2D eigenvalue weighted by Crippen LogP contribution is -2.36. The molecule has 0 radical (unpaired) electrons. The predicted molar refractivity (Wildman–Crippen MR) is 126 cm³/mol. The summed E-state index contributed by atoms with van der Waals surface area (Å²) in [6.07, 6.45) is 1.93. The van der Waals surface area contributed by atoms with E-state index < -0.39 is 11.9 Å². The number of carboxylic acid groups (broad SMARTS) is 2. The molecule has 1 saturated heterocycles. The number of hydrogen-bond acceptors (Lipinski definition) is 7. The Labute approximate surface area is 207 Å². The van der Waals surface area contributed by atoms with Crippen molar-refractivity contribution in [1.29, 1.82) is 0 Å². The number of aliphatic carboxylic acids is 2. The molecule has 0 spiro atoms. The number of carbonyl (C=O) groups excluding carboxylic acids is 1. The number of carboxylic acids is 2. The molecular weight excluding hydrogens is 489 g/mol. The molecule has 3 rings (SSSR count). The summed E-state index contributed by atoms with van der Waals surface area (Å²) < 4.78 is 12.9. The minimum Gasteiger partial charge on any atom is -0.476 e. The molecule has 0 unspecified atom stereocenters. The van der Waals surface area contributed by atoms with E-state index in [1.54, 1.807) is 16.8 Å². The van der Waals surface area contributed by atoms with Gasteiger partial charge >= 0.3 is 11.9 Å². The van der Waals surface area contributed by atoms with Gasteiger partial charge in [-0.05, 0) is 51.4 Å². The van der Waals surface area contributed by atoms with Gasteiger partial charge in [0.2, 0.25) is 5.88 Å². The zero-order valence-electron chi connectivity index (χ0n) is 18.9. The summed E-state index contributed by atoms with van der Waals surface area (Å²) in [5.41, 5.74) is 1.95. The average molecular weight is 516 g/mol. The molecular formula is C22H27Cl2N3O7. The molecule has 0 atom stereocenters. The Balaban J connectivity index is 0.000000604. The van der Waals surface area contributed by atoms with E-state index in [0.717, 1.165) is 51.4 Å². The maximum atomic E-state index is 12.1. The number of hydrogen-bond donors (Lipinski definition) is 2. The Hall–Kier alpha value is -2.66. The number of ketones is 1. The first-order chi connectivity index (χ1) is 16.1. The van der Waals surface area contributed by atoms with Gasteiger partial charge in [-0.25, -0.2) is 14.3 Å². The van der Waals surface area contributed by atoms with Crippen LogP contribution in [0.1, 0.15) is 35.8 Å². The molecule has 1 aliphatic rings. The summed E-state index contributed by atoms with van der Waals surface area (Å²) in [5, 5.41) is 20.2. The second-order valence-electron chi connectivity index (χ2n) is 7.45. The topological polar surface area (TPSA) is 131 Å². The molecule has 10 nitrogen and oxygen atoms in total. The number of rotatable bonds is 8. The van der Waals surface area contributed by atoms with Crippen molar-refractivity contribution in [3.05, 3.63) is 39.5 Å². The van der Waals surface area contributed by atoms with E-state index in [1.165, 1.54) is 6.92 Å². The van der Waals surface area contributed by atoms with Gasteiger partial charge < -0.3 is 19.7 Å². The van der Waals surface area contributed by atoms with Crippen molar-refractivity contribution in [3.8, 4) is 11.6 Å². The fraction of sp³-hybridized carbons (Fsp3) is 0.455. The molecule has 0 saturated carbocycles. The number of halogens is 2. The maximum absolute atomic E-state index is 12.1. The van der Waals surface area contributed by atoms with E-state index in [4.69, 9.17) is 52.5 Å². The van der Waals surface area contributed by atoms with Crippen LogP contribution in [0.25, 0.3) is 5.69 Å². The van der Waals surface area contributed by atoms with E-state index in [2.05, 4.69) is 10.00 Å². The molecule has 2 N–H and O–H groups in total. The van der Waals surface area contributed by atoms with Crippen molar-refractivity contribution in [2.75, 3.05) is 39.5 Å². The summed E-state index contributed by atoms with van der Waals surface area (Å²) in [4.78, 5) is 32.7. The van der Waals surface area contributed by atoms with Crippen LogP contribution in [0.2, 0.25) is 10.0 Å². The molecule has 186 valence electrons. The number of morpholine rings is 1. The molecule has 1 aromatic carbocycles. The van der Waals surface area contributed by atoms with Crippen molar-refractivity contribution < 1.29 is 34.1 Å². The summed E-state index contributed by atoms with van der Waals surface area (Å²) in [6, 6.07) is 5.24. The van der Waals surface area contributed by atoms with Crippen LogP contribution >= 0.6 is 23.2 Å². The molecule has 2 heterocycles. The minimum atomic E-state index is -1.82. The Morgan fingerprint density at radius 3 is 2.29 bits per heavy atom. The Kier molecular flexibility index (Phi) is 10.8. The van der Waals surface area contributed by atoms with Crippen LogP contribution in [0.15, 0.2) is 18.2 Å². The lowest BCUT2D eigenvalue weighted by Gasteiger charge is -2.26. The quantitative estimate of drug-likeness (QED) is 0.308. The predicted octanol–water partition coefficient (Wildman–Crippen LogP) is 3.34. The highest BCUT2D eigenvalue weighted by atomic mass is 35.5. The van der Waals surface area contributed by atoms with Gasteiger partial charge in [-0.1, -0.05) is 23.2 Å². The van der Waals surface area contributed by atoms with Crippen LogP contribution in [0.5, 0.6) is 5.88 Å². The Morgan fingerprint density at radius 2 is 1.74 bits per heavy atom. The number of Topliss-reactive ketones (excluding diaryl/α,β-unsaturated/α-hetero) is 1. The van der Waals surface area contributed by atoms with Gasteiger partial charge in [0.25, 0.3) is 0 Å². The largest absolute Gasteiger partial charge is 0.476 e. The molecule has 0 aliphatic carbocycles. The second-order valence-corrected chi connectivity index (χ2v) is 8.27. The van der Waals surface area contributed by atoms with E-state index in [0.29, 0.717) is 33.8 Å². The SMILES string of the molecule is CC(=O)c1c(OCCCCN2CCOCC2)nn(-c2ccc(Cl)c(Cl)c2)c1C.O=C(O)C(=O)O. The number of benzene rings is 1.